The van der Waals surface area contributed by atoms with E-state index in [0.717, 1.165) is 11.8 Å². The van der Waals surface area contributed by atoms with Crippen LogP contribution in [0.15, 0.2) is 69.0 Å². The summed E-state index contributed by atoms with van der Waals surface area (Å²) >= 11 is 23.2. The molecule has 0 radical (unpaired) electrons. The summed E-state index contributed by atoms with van der Waals surface area (Å²) in [7, 11) is 0. The number of thioether (sulfide) groups is 1. The van der Waals surface area contributed by atoms with E-state index in [1.165, 1.54) is 12.1 Å². The number of nitrogens with zero attached hydrogens (tertiary/aromatic N) is 2. The summed E-state index contributed by atoms with van der Waals surface area (Å²) in [6.45, 7) is 0.0879. The van der Waals surface area contributed by atoms with Gasteiger partial charge in [0, 0.05) is 12.1 Å². The fourth-order valence-corrected chi connectivity index (χ4v) is 5.20. The Bertz CT molecular complexity index is 1390. The fourth-order valence-electron chi connectivity index (χ4n) is 3.04. The summed E-state index contributed by atoms with van der Waals surface area (Å²) in [4.78, 5) is 27.7. The predicted molar refractivity (Wildman–Crippen MR) is 144 cm³/mol. The minimum atomic E-state index is -0.467. The number of carbonyl (C=O) groups excluding carboxylic acids is 1. The van der Waals surface area contributed by atoms with E-state index in [1.807, 2.05) is 0 Å². The zero-order valence-corrected chi connectivity index (χ0v) is 22.1. The SMILES string of the molecule is O=C1NC(=Nc2cccc(Cl)c2Cl)S/C1=C\c1cc(Cl)c(OCc2cccc([N+](=O)[O-])c2)c(Br)c1. The van der Waals surface area contributed by atoms with E-state index in [-0.39, 0.29) is 18.2 Å². The lowest BCUT2D eigenvalue weighted by Gasteiger charge is -2.11. The number of rotatable bonds is 6. The maximum atomic E-state index is 12.4. The molecular weight excluding hydrogens is 601 g/mol. The van der Waals surface area contributed by atoms with Gasteiger partial charge in [-0.15, -0.1) is 0 Å². The lowest BCUT2D eigenvalue weighted by Crippen LogP contribution is -2.19. The van der Waals surface area contributed by atoms with Crippen LogP contribution in [0.1, 0.15) is 11.1 Å². The first kappa shape index (κ1) is 25.5. The van der Waals surface area contributed by atoms with Crippen LogP contribution in [0.2, 0.25) is 15.1 Å². The van der Waals surface area contributed by atoms with Gasteiger partial charge in [0.2, 0.25) is 0 Å². The Hall–Kier alpha value is -2.56. The Morgan fingerprint density at radius 1 is 1.11 bits per heavy atom. The summed E-state index contributed by atoms with van der Waals surface area (Å²) in [5.41, 5.74) is 1.70. The molecule has 35 heavy (non-hydrogen) atoms. The lowest BCUT2D eigenvalue weighted by atomic mass is 10.2. The zero-order chi connectivity index (χ0) is 25.1. The second-order valence-electron chi connectivity index (χ2n) is 7.08. The van der Waals surface area contributed by atoms with E-state index < -0.39 is 4.92 Å². The van der Waals surface area contributed by atoms with E-state index in [4.69, 9.17) is 39.5 Å². The highest BCUT2D eigenvalue weighted by Gasteiger charge is 2.24. The molecule has 1 fully saturated rings. The number of benzene rings is 3. The maximum Gasteiger partial charge on any atom is 0.269 e. The molecule has 0 aromatic heterocycles. The van der Waals surface area contributed by atoms with Gasteiger partial charge in [-0.1, -0.05) is 53.0 Å². The van der Waals surface area contributed by atoms with Crippen LogP contribution in [0.3, 0.4) is 0 Å². The number of halogens is 4. The Labute approximate surface area is 227 Å². The minimum absolute atomic E-state index is 0.0221. The molecule has 0 saturated carbocycles. The lowest BCUT2D eigenvalue weighted by molar-refractivity contribution is -0.384. The molecule has 0 aliphatic carbocycles. The third-order valence-electron chi connectivity index (χ3n) is 4.63. The van der Waals surface area contributed by atoms with Crippen molar-refractivity contribution >= 4 is 91.0 Å². The molecule has 1 aliphatic heterocycles. The number of nitrogens with one attached hydrogen (secondary N) is 1. The molecule has 0 spiro atoms. The van der Waals surface area contributed by atoms with Gasteiger partial charge in [0.15, 0.2) is 10.9 Å². The highest BCUT2D eigenvalue weighted by atomic mass is 79.9. The summed E-state index contributed by atoms with van der Waals surface area (Å²) < 4.78 is 6.35. The van der Waals surface area contributed by atoms with Gasteiger partial charge in [-0.3, -0.25) is 14.9 Å². The van der Waals surface area contributed by atoms with Gasteiger partial charge in [0.25, 0.3) is 11.6 Å². The van der Waals surface area contributed by atoms with Crippen molar-refractivity contribution in [2.75, 3.05) is 0 Å². The Morgan fingerprint density at radius 3 is 2.63 bits per heavy atom. The first-order chi connectivity index (χ1) is 16.7. The average molecular weight is 614 g/mol. The normalized spacial score (nSPS) is 15.5. The monoisotopic (exact) mass is 611 g/mol. The molecule has 12 heteroatoms. The van der Waals surface area contributed by atoms with Gasteiger partial charge in [-0.05, 0) is 69.2 Å². The minimum Gasteiger partial charge on any atom is -0.486 e. The van der Waals surface area contributed by atoms with Crippen molar-refractivity contribution in [2.45, 2.75) is 6.61 Å². The zero-order valence-electron chi connectivity index (χ0n) is 17.4. The third kappa shape index (κ3) is 6.17. The summed E-state index contributed by atoms with van der Waals surface area (Å²) in [6.07, 6.45) is 1.67. The number of aliphatic imine (C=N–C) groups is 1. The molecule has 3 aromatic carbocycles. The number of non-ortho nitro benzene ring substituents is 1. The molecule has 1 aliphatic rings. The van der Waals surface area contributed by atoms with Crippen LogP contribution in [0.4, 0.5) is 11.4 Å². The van der Waals surface area contributed by atoms with Crippen molar-refractivity contribution in [3.8, 4) is 5.75 Å². The standard InChI is InChI=1S/C23H13BrCl3N3O4S/c24-15-8-13(9-17(26)21(15)34-11-12-3-1-4-14(7-12)30(32)33)10-19-22(31)29-23(35-19)28-18-6-2-5-16(25)20(18)27/h1-10H,11H2,(H,28,29,31)/b19-10-. The second-order valence-corrected chi connectivity index (χ2v) is 10.2. The Balaban J connectivity index is 1.51. The Kier molecular flexibility index (Phi) is 8.03. The molecule has 4 rings (SSSR count). The van der Waals surface area contributed by atoms with Gasteiger partial charge in [0.05, 0.1) is 35.1 Å². The van der Waals surface area contributed by atoms with Crippen LogP contribution in [0.25, 0.3) is 6.08 Å². The smallest absolute Gasteiger partial charge is 0.269 e. The van der Waals surface area contributed by atoms with Crippen molar-refractivity contribution in [1.29, 1.82) is 0 Å². The molecule has 1 amide bonds. The van der Waals surface area contributed by atoms with E-state index >= 15 is 0 Å². The topological polar surface area (TPSA) is 93.8 Å². The Morgan fingerprint density at radius 2 is 1.89 bits per heavy atom. The molecule has 1 heterocycles. The van der Waals surface area contributed by atoms with Crippen LogP contribution in [-0.4, -0.2) is 16.0 Å². The number of hydrogen-bond acceptors (Lipinski definition) is 6. The predicted octanol–water partition coefficient (Wildman–Crippen LogP) is 7.79. The van der Waals surface area contributed by atoms with Crippen LogP contribution in [0.5, 0.6) is 5.75 Å². The number of ether oxygens (including phenoxy) is 1. The first-order valence-electron chi connectivity index (χ1n) is 9.80. The van der Waals surface area contributed by atoms with Gasteiger partial charge in [-0.25, -0.2) is 4.99 Å². The van der Waals surface area contributed by atoms with E-state index in [1.54, 1.807) is 48.5 Å². The van der Waals surface area contributed by atoms with Crippen LogP contribution >= 0.6 is 62.5 Å². The van der Waals surface area contributed by atoms with Crippen molar-refractivity contribution < 1.29 is 14.5 Å². The number of amides is 1. The van der Waals surface area contributed by atoms with Crippen LogP contribution in [0, 0.1) is 10.1 Å². The van der Waals surface area contributed by atoms with Crippen molar-refractivity contribution in [3.63, 3.8) is 0 Å². The van der Waals surface area contributed by atoms with Crippen LogP contribution < -0.4 is 10.1 Å². The number of hydrogen-bond donors (Lipinski definition) is 1. The number of nitro benzene ring substituents is 1. The number of amidine groups is 1. The highest BCUT2D eigenvalue weighted by molar-refractivity contribution is 9.10. The van der Waals surface area contributed by atoms with Gasteiger partial charge in [0.1, 0.15) is 6.61 Å². The van der Waals surface area contributed by atoms with E-state index in [2.05, 4.69) is 26.2 Å². The maximum absolute atomic E-state index is 12.4. The average Bonchev–Trinajstić information content (AvgIpc) is 3.15. The van der Waals surface area contributed by atoms with Crippen molar-refractivity contribution in [3.05, 3.63) is 100 Å². The highest BCUT2D eigenvalue weighted by Crippen LogP contribution is 2.38. The van der Waals surface area contributed by atoms with Gasteiger partial charge in [-0.2, -0.15) is 0 Å². The summed E-state index contributed by atoms with van der Waals surface area (Å²) in [6, 6.07) is 14.6. The van der Waals surface area contributed by atoms with E-state index in [9.17, 15) is 14.9 Å². The molecule has 178 valence electrons. The molecular formula is C23H13BrCl3N3O4S. The van der Waals surface area contributed by atoms with Gasteiger partial charge < -0.3 is 10.1 Å². The second kappa shape index (κ2) is 11.0. The third-order valence-corrected chi connectivity index (χ3v) is 7.22. The van der Waals surface area contributed by atoms with E-state index in [0.29, 0.717) is 52.2 Å². The molecule has 1 N–H and O–H groups in total. The molecule has 1 saturated heterocycles. The molecule has 0 atom stereocenters. The molecule has 3 aromatic rings. The fraction of sp³-hybridized carbons (Fsp3) is 0.0435. The quantitative estimate of drug-likeness (QED) is 0.174. The van der Waals surface area contributed by atoms with Crippen LogP contribution in [-0.2, 0) is 11.4 Å². The number of nitro groups is 1. The first-order valence-corrected chi connectivity index (χ1v) is 12.5. The van der Waals surface area contributed by atoms with Gasteiger partial charge >= 0.3 is 0 Å². The van der Waals surface area contributed by atoms with Crippen molar-refractivity contribution in [2.24, 2.45) is 4.99 Å². The summed E-state index contributed by atoms with van der Waals surface area (Å²) in [5.74, 6) is 0.0619. The molecule has 7 nitrogen and oxygen atoms in total. The number of carbonyl (C=O) groups is 1. The van der Waals surface area contributed by atoms with Crippen molar-refractivity contribution in [1.82, 2.24) is 5.32 Å². The largest absolute Gasteiger partial charge is 0.486 e. The molecule has 0 unspecified atom stereocenters. The molecule has 0 bridgehead atoms. The summed E-state index contributed by atoms with van der Waals surface area (Å²) in [5, 5.41) is 15.0.